The predicted octanol–water partition coefficient (Wildman–Crippen LogP) is 4.11. The second kappa shape index (κ2) is 8.64. The largest absolute Gasteiger partial charge is 0.492 e. The molecule has 0 spiro atoms. The van der Waals surface area contributed by atoms with Gasteiger partial charge in [-0.15, -0.1) is 0 Å². The Balaban J connectivity index is 1.58. The maximum absolute atomic E-state index is 11.0. The first kappa shape index (κ1) is 20.7. The van der Waals surface area contributed by atoms with Crippen LogP contribution >= 0.6 is 0 Å². The van der Waals surface area contributed by atoms with Crippen LogP contribution in [0.25, 0.3) is 11.3 Å². The van der Waals surface area contributed by atoms with Crippen molar-refractivity contribution in [3.05, 3.63) is 77.6 Å². The van der Waals surface area contributed by atoms with E-state index in [1.165, 1.54) is 5.56 Å². The van der Waals surface area contributed by atoms with Gasteiger partial charge in [-0.3, -0.25) is 4.90 Å². The van der Waals surface area contributed by atoms with E-state index in [1.807, 2.05) is 56.3 Å². The summed E-state index contributed by atoms with van der Waals surface area (Å²) in [6.07, 6.45) is 1.71. The third kappa shape index (κ3) is 4.59. The molecule has 1 N–H and O–H groups in total. The summed E-state index contributed by atoms with van der Waals surface area (Å²) in [5, 5.41) is 11.0. The summed E-state index contributed by atoms with van der Waals surface area (Å²) in [6.45, 7) is 5.48. The van der Waals surface area contributed by atoms with E-state index in [9.17, 15) is 5.11 Å². The van der Waals surface area contributed by atoms with Gasteiger partial charge < -0.3 is 19.2 Å². The molecule has 0 amide bonds. The molecule has 1 atom stereocenters. The van der Waals surface area contributed by atoms with Crippen LogP contribution in [0.5, 0.6) is 5.75 Å². The minimum Gasteiger partial charge on any atom is -0.492 e. The maximum Gasteiger partial charge on any atom is 0.134 e. The van der Waals surface area contributed by atoms with Crippen LogP contribution < -0.4 is 4.74 Å². The molecule has 158 valence electrons. The molecule has 5 nitrogen and oxygen atoms in total. The monoisotopic (exact) mass is 406 g/mol. The Kier molecular flexibility index (Phi) is 5.95. The number of likely N-dealkylation sites (N-methyl/N-ethyl adjacent to an activating group) is 1. The van der Waals surface area contributed by atoms with Crippen LogP contribution in [0.15, 0.2) is 65.3 Å². The van der Waals surface area contributed by atoms with Crippen molar-refractivity contribution in [3.63, 3.8) is 0 Å². The minimum absolute atomic E-state index is 0.562. The van der Waals surface area contributed by atoms with Crippen molar-refractivity contribution in [1.29, 1.82) is 0 Å². The van der Waals surface area contributed by atoms with Gasteiger partial charge in [-0.25, -0.2) is 0 Å². The molecule has 0 radical (unpaired) electrons. The highest BCUT2D eigenvalue weighted by Crippen LogP contribution is 2.31. The van der Waals surface area contributed by atoms with Gasteiger partial charge in [0.2, 0.25) is 0 Å². The molecular formula is C25H30N2O3. The normalized spacial score (nSPS) is 16.6. The summed E-state index contributed by atoms with van der Waals surface area (Å²) in [7, 11) is 3.94. The number of hydrogen-bond donors (Lipinski definition) is 1. The highest BCUT2D eigenvalue weighted by atomic mass is 16.5. The molecule has 0 saturated carbocycles. The fourth-order valence-corrected chi connectivity index (χ4v) is 4.20. The van der Waals surface area contributed by atoms with E-state index in [1.54, 1.807) is 6.26 Å². The highest BCUT2D eigenvalue weighted by Gasteiger charge is 2.26. The molecule has 2 aromatic carbocycles. The molecule has 0 saturated heterocycles. The van der Waals surface area contributed by atoms with Crippen molar-refractivity contribution < 1.29 is 14.3 Å². The number of furan rings is 1. The number of aliphatic hydroxyl groups is 1. The molecule has 0 fully saturated rings. The topological polar surface area (TPSA) is 49.1 Å². The van der Waals surface area contributed by atoms with E-state index in [4.69, 9.17) is 9.15 Å². The molecule has 1 aromatic heterocycles. The van der Waals surface area contributed by atoms with Crippen LogP contribution in [0.4, 0.5) is 0 Å². The number of fused-ring (bicyclic) bond motifs is 1. The summed E-state index contributed by atoms with van der Waals surface area (Å²) in [5.41, 5.74) is 3.46. The first-order valence-electron chi connectivity index (χ1n) is 10.4. The molecule has 1 unspecified atom stereocenters. The van der Waals surface area contributed by atoms with Gasteiger partial charge in [-0.1, -0.05) is 30.3 Å². The van der Waals surface area contributed by atoms with Crippen LogP contribution in [0.1, 0.15) is 23.6 Å². The summed E-state index contributed by atoms with van der Waals surface area (Å²) < 4.78 is 11.7. The van der Waals surface area contributed by atoms with Gasteiger partial charge in [0.1, 0.15) is 18.1 Å². The number of rotatable bonds is 6. The molecule has 4 rings (SSSR count). The fraction of sp³-hybridized carbons (Fsp3) is 0.360. The molecule has 2 heterocycles. The maximum atomic E-state index is 11.0. The number of ether oxygens (including phenoxy) is 1. The Labute approximate surface area is 178 Å². The lowest BCUT2D eigenvalue weighted by Gasteiger charge is -2.28. The van der Waals surface area contributed by atoms with Crippen molar-refractivity contribution in [1.82, 2.24) is 9.80 Å². The van der Waals surface area contributed by atoms with Crippen LogP contribution in [0.2, 0.25) is 0 Å². The third-order valence-electron chi connectivity index (χ3n) is 5.56. The Morgan fingerprint density at radius 2 is 1.93 bits per heavy atom. The Hall–Kier alpha value is -2.60. The zero-order valence-electron chi connectivity index (χ0n) is 18.0. The minimum atomic E-state index is -0.915. The quantitative estimate of drug-likeness (QED) is 0.668. The van der Waals surface area contributed by atoms with Crippen molar-refractivity contribution >= 4 is 0 Å². The number of hydrogen-bond acceptors (Lipinski definition) is 5. The van der Waals surface area contributed by atoms with Gasteiger partial charge in [-0.2, -0.15) is 0 Å². The second-order valence-corrected chi connectivity index (χ2v) is 8.53. The lowest BCUT2D eigenvalue weighted by Crippen LogP contribution is -2.34. The smallest absolute Gasteiger partial charge is 0.134 e. The molecule has 3 aromatic rings. The summed E-state index contributed by atoms with van der Waals surface area (Å²) in [5.74, 6) is 1.79. The molecule has 5 heteroatoms. The average molecular weight is 407 g/mol. The van der Waals surface area contributed by atoms with E-state index in [0.717, 1.165) is 47.8 Å². The van der Waals surface area contributed by atoms with E-state index >= 15 is 0 Å². The lowest BCUT2D eigenvalue weighted by molar-refractivity contribution is 0.0299. The summed E-state index contributed by atoms with van der Waals surface area (Å²) >= 11 is 0. The Morgan fingerprint density at radius 1 is 1.10 bits per heavy atom. The Morgan fingerprint density at radius 3 is 2.70 bits per heavy atom. The van der Waals surface area contributed by atoms with Crippen LogP contribution in [0, 0.1) is 0 Å². The molecule has 0 aliphatic carbocycles. The van der Waals surface area contributed by atoms with E-state index < -0.39 is 5.60 Å². The zero-order valence-corrected chi connectivity index (χ0v) is 18.0. The SMILES string of the molecule is CN(C)CC(C)(O)c1ccc2c(c1)CN(Cc1ccccc1-c1ccco1)CCO2. The van der Waals surface area contributed by atoms with Gasteiger partial charge in [0.25, 0.3) is 0 Å². The second-order valence-electron chi connectivity index (χ2n) is 8.53. The van der Waals surface area contributed by atoms with Crippen molar-refractivity contribution in [2.24, 2.45) is 0 Å². The van der Waals surface area contributed by atoms with Gasteiger partial charge in [0.15, 0.2) is 0 Å². The van der Waals surface area contributed by atoms with Crippen LogP contribution in [-0.2, 0) is 18.7 Å². The molecule has 0 bridgehead atoms. The summed E-state index contributed by atoms with van der Waals surface area (Å²) in [6, 6.07) is 18.4. The van der Waals surface area contributed by atoms with Crippen molar-refractivity contribution in [2.75, 3.05) is 33.8 Å². The van der Waals surface area contributed by atoms with Gasteiger partial charge >= 0.3 is 0 Å². The van der Waals surface area contributed by atoms with E-state index in [2.05, 4.69) is 29.2 Å². The Bertz CT molecular complexity index is 980. The van der Waals surface area contributed by atoms with Crippen molar-refractivity contribution in [3.8, 4) is 17.1 Å². The van der Waals surface area contributed by atoms with E-state index in [0.29, 0.717) is 13.2 Å². The highest BCUT2D eigenvalue weighted by molar-refractivity contribution is 5.61. The zero-order chi connectivity index (χ0) is 21.1. The lowest BCUT2D eigenvalue weighted by atomic mass is 9.93. The summed E-state index contributed by atoms with van der Waals surface area (Å²) in [4.78, 5) is 4.39. The fourth-order valence-electron chi connectivity index (χ4n) is 4.20. The number of nitrogens with zero attached hydrogens (tertiary/aromatic N) is 2. The number of benzene rings is 2. The van der Waals surface area contributed by atoms with Crippen LogP contribution in [0.3, 0.4) is 0 Å². The average Bonchev–Trinajstić information content (AvgIpc) is 3.15. The standard InChI is InChI=1S/C25H30N2O3/c1-25(28,18-26(2)3)21-10-11-23-20(15-21)17-27(12-14-30-23)16-19-7-4-5-8-22(19)24-9-6-13-29-24/h4-11,13,15,28H,12,14,16-18H2,1-3H3. The molecular weight excluding hydrogens is 376 g/mol. The van der Waals surface area contributed by atoms with Crippen LogP contribution in [-0.4, -0.2) is 48.7 Å². The van der Waals surface area contributed by atoms with Gasteiger partial charge in [-0.05, 0) is 56.4 Å². The van der Waals surface area contributed by atoms with E-state index in [-0.39, 0.29) is 0 Å². The molecule has 1 aliphatic rings. The van der Waals surface area contributed by atoms with Gasteiger partial charge in [0.05, 0.1) is 11.9 Å². The van der Waals surface area contributed by atoms with Gasteiger partial charge in [0, 0.05) is 37.3 Å². The predicted molar refractivity (Wildman–Crippen MR) is 118 cm³/mol. The molecule has 1 aliphatic heterocycles. The molecule has 30 heavy (non-hydrogen) atoms. The first-order chi connectivity index (χ1) is 14.4. The first-order valence-corrected chi connectivity index (χ1v) is 10.4. The third-order valence-corrected chi connectivity index (χ3v) is 5.56. The van der Waals surface area contributed by atoms with Crippen molar-refractivity contribution in [2.45, 2.75) is 25.6 Å².